The van der Waals surface area contributed by atoms with Crippen molar-refractivity contribution in [2.24, 2.45) is 0 Å². The third-order valence-corrected chi connectivity index (χ3v) is 5.96. The number of hydrogen-bond donors (Lipinski definition) is 1. The summed E-state index contributed by atoms with van der Waals surface area (Å²) < 4.78 is 124. The van der Waals surface area contributed by atoms with Gasteiger partial charge in [0.25, 0.3) is 0 Å². The van der Waals surface area contributed by atoms with Gasteiger partial charge in [0.05, 0.1) is 28.5 Å². The van der Waals surface area contributed by atoms with Crippen LogP contribution in [0.4, 0.5) is 55.7 Å². The van der Waals surface area contributed by atoms with Crippen molar-refractivity contribution < 1.29 is 53.8 Å². The number of halogens is 9. The standard InChI is InChI=1S/C25H23F9N2O3/c1-12(2)39-22(38)36-13(3)6-14(19-11-15(23(26,27)28)4-5-20(19)36)7-21(37)35-18-9-16(24(29,30)31)8-17(10-18)25(32,33)34/h4-5,8-14H,6-7H2,1-3H3,(H,35,37)/t13-,14?/m0/s1. The van der Waals surface area contributed by atoms with Crippen LogP contribution in [-0.2, 0) is 28.1 Å². The van der Waals surface area contributed by atoms with Crippen LogP contribution in [-0.4, -0.2) is 24.1 Å². The van der Waals surface area contributed by atoms with E-state index in [0.717, 1.165) is 23.1 Å². The molecule has 0 radical (unpaired) electrons. The molecule has 0 aromatic heterocycles. The largest absolute Gasteiger partial charge is 0.446 e. The topological polar surface area (TPSA) is 58.6 Å². The Kier molecular flexibility index (Phi) is 8.19. The number of alkyl halides is 9. The fourth-order valence-corrected chi connectivity index (χ4v) is 4.35. The lowest BCUT2D eigenvalue weighted by atomic mass is 9.83. The maximum atomic E-state index is 13.4. The molecule has 2 atom stereocenters. The second kappa shape index (κ2) is 10.6. The number of nitrogens with one attached hydrogen (secondary N) is 1. The van der Waals surface area contributed by atoms with Crippen LogP contribution in [0, 0.1) is 0 Å². The van der Waals surface area contributed by atoms with Crippen molar-refractivity contribution in [3.63, 3.8) is 0 Å². The maximum Gasteiger partial charge on any atom is 0.416 e. The van der Waals surface area contributed by atoms with E-state index < -0.39 is 77.4 Å². The fourth-order valence-electron chi connectivity index (χ4n) is 4.35. The molecule has 1 aliphatic heterocycles. The van der Waals surface area contributed by atoms with E-state index in [9.17, 15) is 49.1 Å². The smallest absolute Gasteiger partial charge is 0.416 e. The quantitative estimate of drug-likeness (QED) is 0.379. The molecule has 0 saturated carbocycles. The molecule has 2 amide bonds. The molecule has 39 heavy (non-hydrogen) atoms. The first-order chi connectivity index (χ1) is 17.8. The number of rotatable bonds is 4. The summed E-state index contributed by atoms with van der Waals surface area (Å²) >= 11 is 0. The fraction of sp³-hybridized carbons (Fsp3) is 0.440. The molecular weight excluding hydrogens is 547 g/mol. The Hall–Kier alpha value is -3.45. The number of ether oxygens (including phenoxy) is 1. The molecule has 0 fully saturated rings. The van der Waals surface area contributed by atoms with Crippen LogP contribution in [0.1, 0.15) is 61.8 Å². The number of carbonyl (C=O) groups is 2. The molecule has 0 spiro atoms. The van der Waals surface area contributed by atoms with Gasteiger partial charge >= 0.3 is 24.6 Å². The Labute approximate surface area is 216 Å². The first-order valence-electron chi connectivity index (χ1n) is 11.6. The SMILES string of the molecule is CC(C)OC(=O)N1c2ccc(C(F)(F)F)cc2C(CC(=O)Nc2cc(C(F)(F)F)cc(C(F)(F)F)c2)C[C@@H]1C. The van der Waals surface area contributed by atoms with Gasteiger partial charge in [-0.3, -0.25) is 9.69 Å². The Bertz CT molecular complexity index is 1200. The van der Waals surface area contributed by atoms with E-state index in [4.69, 9.17) is 4.74 Å². The van der Waals surface area contributed by atoms with Crippen molar-refractivity contribution in [3.8, 4) is 0 Å². The van der Waals surface area contributed by atoms with Crippen molar-refractivity contribution >= 4 is 23.4 Å². The Morgan fingerprint density at radius 1 is 0.897 bits per heavy atom. The monoisotopic (exact) mass is 570 g/mol. The summed E-state index contributed by atoms with van der Waals surface area (Å²) in [5, 5.41) is 2.00. The van der Waals surface area contributed by atoms with Gasteiger partial charge in [-0.05, 0) is 75.1 Å². The van der Waals surface area contributed by atoms with E-state index in [-0.39, 0.29) is 23.7 Å². The third kappa shape index (κ3) is 7.15. The molecule has 5 nitrogen and oxygen atoms in total. The zero-order valence-corrected chi connectivity index (χ0v) is 20.7. The van der Waals surface area contributed by atoms with Gasteiger partial charge in [0.2, 0.25) is 5.91 Å². The van der Waals surface area contributed by atoms with Gasteiger partial charge in [-0.15, -0.1) is 0 Å². The average Bonchev–Trinajstić information content (AvgIpc) is 2.76. The molecule has 1 N–H and O–H groups in total. The van der Waals surface area contributed by atoms with Crippen LogP contribution in [0.2, 0.25) is 0 Å². The van der Waals surface area contributed by atoms with Crippen molar-refractivity contribution in [3.05, 3.63) is 58.7 Å². The number of anilines is 2. The Balaban J connectivity index is 1.96. The van der Waals surface area contributed by atoms with Gasteiger partial charge in [-0.25, -0.2) is 4.79 Å². The minimum atomic E-state index is -5.14. The Morgan fingerprint density at radius 2 is 1.44 bits per heavy atom. The molecule has 2 aromatic carbocycles. The second-order valence-corrected chi connectivity index (χ2v) is 9.40. The lowest BCUT2D eigenvalue weighted by Crippen LogP contribution is -2.44. The number of fused-ring (bicyclic) bond motifs is 1. The maximum absolute atomic E-state index is 13.4. The van der Waals surface area contributed by atoms with Gasteiger partial charge in [0.1, 0.15) is 0 Å². The van der Waals surface area contributed by atoms with Crippen LogP contribution < -0.4 is 10.2 Å². The van der Waals surface area contributed by atoms with E-state index in [1.54, 1.807) is 20.8 Å². The molecule has 3 rings (SSSR count). The first kappa shape index (κ1) is 30.1. The number of benzene rings is 2. The Morgan fingerprint density at radius 3 is 1.92 bits per heavy atom. The van der Waals surface area contributed by atoms with Gasteiger partial charge < -0.3 is 10.1 Å². The van der Waals surface area contributed by atoms with Crippen molar-refractivity contribution in [1.82, 2.24) is 0 Å². The number of hydrogen-bond acceptors (Lipinski definition) is 3. The second-order valence-electron chi connectivity index (χ2n) is 9.40. The lowest BCUT2D eigenvalue weighted by molar-refractivity contribution is -0.143. The average molecular weight is 570 g/mol. The zero-order valence-electron chi connectivity index (χ0n) is 20.7. The highest BCUT2D eigenvalue weighted by Crippen LogP contribution is 2.44. The number of nitrogens with zero attached hydrogens (tertiary/aromatic N) is 1. The molecule has 0 aliphatic carbocycles. The van der Waals surface area contributed by atoms with Crippen molar-refractivity contribution in [1.29, 1.82) is 0 Å². The van der Waals surface area contributed by atoms with Crippen LogP contribution in [0.25, 0.3) is 0 Å². The summed E-state index contributed by atoms with van der Waals surface area (Å²) in [5.41, 5.74) is -5.12. The van der Waals surface area contributed by atoms with E-state index in [1.807, 2.05) is 5.32 Å². The molecule has 214 valence electrons. The van der Waals surface area contributed by atoms with E-state index in [1.165, 1.54) is 0 Å². The molecule has 1 heterocycles. The highest BCUT2D eigenvalue weighted by molar-refractivity contribution is 5.93. The minimum Gasteiger partial charge on any atom is -0.446 e. The predicted octanol–water partition coefficient (Wildman–Crippen LogP) is 8.00. The summed E-state index contributed by atoms with van der Waals surface area (Å²) in [6, 6.07) is 2.47. The molecule has 0 saturated heterocycles. The summed E-state index contributed by atoms with van der Waals surface area (Å²) in [4.78, 5) is 26.6. The molecule has 14 heteroatoms. The summed E-state index contributed by atoms with van der Waals surface area (Å²) in [7, 11) is 0. The molecular formula is C25H23F9N2O3. The molecule has 0 bridgehead atoms. The third-order valence-electron chi connectivity index (χ3n) is 5.96. The van der Waals surface area contributed by atoms with Gasteiger partial charge in [-0.2, -0.15) is 39.5 Å². The van der Waals surface area contributed by atoms with Crippen LogP contribution in [0.3, 0.4) is 0 Å². The van der Waals surface area contributed by atoms with Crippen LogP contribution in [0.5, 0.6) is 0 Å². The van der Waals surface area contributed by atoms with Crippen LogP contribution >= 0.6 is 0 Å². The van der Waals surface area contributed by atoms with Gasteiger partial charge in [0, 0.05) is 18.2 Å². The van der Waals surface area contributed by atoms with Gasteiger partial charge in [0.15, 0.2) is 0 Å². The lowest BCUT2D eigenvalue weighted by Gasteiger charge is -2.39. The van der Waals surface area contributed by atoms with E-state index >= 15 is 0 Å². The van der Waals surface area contributed by atoms with E-state index in [2.05, 4.69) is 0 Å². The van der Waals surface area contributed by atoms with Crippen molar-refractivity contribution in [2.75, 3.05) is 10.2 Å². The number of carbonyl (C=O) groups excluding carboxylic acids is 2. The molecule has 2 aromatic rings. The van der Waals surface area contributed by atoms with Crippen molar-refractivity contribution in [2.45, 2.75) is 70.2 Å². The molecule has 1 unspecified atom stereocenters. The number of amides is 2. The highest BCUT2D eigenvalue weighted by atomic mass is 19.4. The molecule has 1 aliphatic rings. The minimum absolute atomic E-state index is 0.0364. The predicted molar refractivity (Wildman–Crippen MR) is 122 cm³/mol. The zero-order chi connectivity index (χ0) is 29.5. The highest BCUT2D eigenvalue weighted by Gasteiger charge is 2.40. The summed E-state index contributed by atoms with van der Waals surface area (Å²) in [6.07, 6.45) is -17.0. The van der Waals surface area contributed by atoms with Crippen LogP contribution in [0.15, 0.2) is 36.4 Å². The van der Waals surface area contributed by atoms with Gasteiger partial charge in [-0.1, -0.05) is 0 Å². The summed E-state index contributed by atoms with van der Waals surface area (Å²) in [5.74, 6) is -1.98. The summed E-state index contributed by atoms with van der Waals surface area (Å²) in [6.45, 7) is 4.71. The van der Waals surface area contributed by atoms with E-state index in [0.29, 0.717) is 12.1 Å². The first-order valence-corrected chi connectivity index (χ1v) is 11.6. The normalized spacial score (nSPS) is 18.1.